The van der Waals surface area contributed by atoms with Gasteiger partial charge >= 0.3 is 0 Å². The van der Waals surface area contributed by atoms with Crippen molar-refractivity contribution in [3.05, 3.63) is 33.8 Å². The lowest BCUT2D eigenvalue weighted by atomic mass is 10.1. The van der Waals surface area contributed by atoms with E-state index in [1.165, 1.54) is 10.6 Å². The smallest absolute Gasteiger partial charge is 0.127 e. The van der Waals surface area contributed by atoms with Crippen LogP contribution in [0.3, 0.4) is 0 Å². The lowest BCUT2D eigenvalue weighted by molar-refractivity contribution is 0.146. The molecular weight excluding hydrogens is 270 g/mol. The quantitative estimate of drug-likeness (QED) is 0.934. The highest BCUT2D eigenvalue weighted by molar-refractivity contribution is 7.11. The van der Waals surface area contributed by atoms with Crippen molar-refractivity contribution in [3.8, 4) is 0 Å². The standard InChI is InChI=1S/C14H21N5S/c1-10-13(20-11(2)17-10)9-19-7-4-15-8-12(19)14-16-5-6-18(14)3/h5-6,12,15H,4,7-9H2,1-3H3. The second-order valence-electron chi connectivity index (χ2n) is 5.33. The van der Waals surface area contributed by atoms with Crippen molar-refractivity contribution in [3.63, 3.8) is 0 Å². The van der Waals surface area contributed by atoms with E-state index in [2.05, 4.69) is 45.6 Å². The summed E-state index contributed by atoms with van der Waals surface area (Å²) in [5.74, 6) is 1.14. The number of aryl methyl sites for hydroxylation is 3. The van der Waals surface area contributed by atoms with Crippen LogP contribution in [-0.2, 0) is 13.6 Å². The zero-order valence-corrected chi connectivity index (χ0v) is 13.1. The molecule has 0 radical (unpaired) electrons. The average molecular weight is 291 g/mol. The molecule has 3 heterocycles. The molecule has 1 saturated heterocycles. The van der Waals surface area contributed by atoms with Crippen molar-refractivity contribution in [1.82, 2.24) is 24.8 Å². The molecule has 0 aromatic carbocycles. The number of imidazole rings is 1. The summed E-state index contributed by atoms with van der Waals surface area (Å²) >= 11 is 1.81. The second-order valence-corrected chi connectivity index (χ2v) is 6.62. The monoisotopic (exact) mass is 291 g/mol. The first-order valence-electron chi connectivity index (χ1n) is 7.00. The zero-order chi connectivity index (χ0) is 14.1. The van der Waals surface area contributed by atoms with Crippen LogP contribution in [-0.4, -0.2) is 39.1 Å². The molecule has 5 nitrogen and oxygen atoms in total. The number of hydrogen-bond donors (Lipinski definition) is 1. The van der Waals surface area contributed by atoms with E-state index < -0.39 is 0 Å². The Kier molecular flexibility index (Phi) is 3.87. The van der Waals surface area contributed by atoms with Gasteiger partial charge in [-0.25, -0.2) is 9.97 Å². The molecule has 2 aromatic rings. The summed E-state index contributed by atoms with van der Waals surface area (Å²) < 4.78 is 2.12. The Morgan fingerprint density at radius 3 is 2.95 bits per heavy atom. The predicted octanol–water partition coefficient (Wildman–Crippen LogP) is 1.64. The van der Waals surface area contributed by atoms with E-state index in [1.807, 2.05) is 23.7 Å². The van der Waals surface area contributed by atoms with Crippen LogP contribution in [0.4, 0.5) is 0 Å². The van der Waals surface area contributed by atoms with Crippen molar-refractivity contribution >= 4 is 11.3 Å². The summed E-state index contributed by atoms with van der Waals surface area (Å²) in [4.78, 5) is 13.0. The molecule has 3 rings (SSSR count). The van der Waals surface area contributed by atoms with Crippen molar-refractivity contribution in [1.29, 1.82) is 0 Å². The third kappa shape index (κ3) is 2.63. The molecule has 1 fully saturated rings. The Labute approximate surface area is 123 Å². The molecule has 0 bridgehead atoms. The minimum absolute atomic E-state index is 0.338. The van der Waals surface area contributed by atoms with Gasteiger partial charge in [0.25, 0.3) is 0 Å². The van der Waals surface area contributed by atoms with Gasteiger partial charge in [0.15, 0.2) is 0 Å². The van der Waals surface area contributed by atoms with E-state index in [4.69, 9.17) is 0 Å². The van der Waals surface area contributed by atoms with Gasteiger partial charge in [0.05, 0.1) is 16.7 Å². The molecule has 108 valence electrons. The van der Waals surface area contributed by atoms with E-state index in [0.717, 1.165) is 37.0 Å². The highest BCUT2D eigenvalue weighted by Crippen LogP contribution is 2.26. The highest BCUT2D eigenvalue weighted by atomic mass is 32.1. The molecule has 1 N–H and O–H groups in total. The van der Waals surface area contributed by atoms with Gasteiger partial charge in [0, 0.05) is 50.5 Å². The number of piperazine rings is 1. The number of aromatic nitrogens is 3. The molecule has 0 amide bonds. The first-order chi connectivity index (χ1) is 9.65. The third-order valence-electron chi connectivity index (χ3n) is 3.86. The average Bonchev–Trinajstić information content (AvgIpc) is 2.97. The normalized spacial score (nSPS) is 20.4. The number of hydrogen-bond acceptors (Lipinski definition) is 5. The summed E-state index contributed by atoms with van der Waals surface area (Å²) in [6.07, 6.45) is 3.90. The lowest BCUT2D eigenvalue weighted by Gasteiger charge is -2.35. The third-order valence-corrected chi connectivity index (χ3v) is 4.91. The van der Waals surface area contributed by atoms with E-state index in [9.17, 15) is 0 Å². The van der Waals surface area contributed by atoms with Crippen LogP contribution in [0.1, 0.15) is 27.4 Å². The van der Waals surface area contributed by atoms with Crippen LogP contribution in [0.5, 0.6) is 0 Å². The summed E-state index contributed by atoms with van der Waals surface area (Å²) in [7, 11) is 2.07. The van der Waals surface area contributed by atoms with Gasteiger partial charge in [-0.05, 0) is 13.8 Å². The van der Waals surface area contributed by atoms with Gasteiger partial charge < -0.3 is 9.88 Å². The fraction of sp³-hybridized carbons (Fsp3) is 0.571. The highest BCUT2D eigenvalue weighted by Gasteiger charge is 2.27. The van der Waals surface area contributed by atoms with Crippen LogP contribution >= 0.6 is 11.3 Å². The zero-order valence-electron chi connectivity index (χ0n) is 12.3. The first-order valence-corrected chi connectivity index (χ1v) is 7.81. The summed E-state index contributed by atoms with van der Waals surface area (Å²) in [6, 6.07) is 0.338. The van der Waals surface area contributed by atoms with Crippen molar-refractivity contribution < 1.29 is 0 Å². The number of thiazole rings is 1. The van der Waals surface area contributed by atoms with Crippen LogP contribution in [0.25, 0.3) is 0 Å². The Bertz CT molecular complexity index is 588. The van der Waals surface area contributed by atoms with Crippen molar-refractivity contribution in [2.75, 3.05) is 19.6 Å². The predicted molar refractivity (Wildman–Crippen MR) is 80.8 cm³/mol. The van der Waals surface area contributed by atoms with Crippen molar-refractivity contribution in [2.45, 2.75) is 26.4 Å². The lowest BCUT2D eigenvalue weighted by Crippen LogP contribution is -2.46. The molecule has 6 heteroatoms. The molecule has 20 heavy (non-hydrogen) atoms. The van der Waals surface area contributed by atoms with E-state index in [-0.39, 0.29) is 0 Å². The maximum atomic E-state index is 4.54. The topological polar surface area (TPSA) is 46.0 Å². The van der Waals surface area contributed by atoms with E-state index in [1.54, 1.807) is 0 Å². The van der Waals surface area contributed by atoms with Gasteiger partial charge in [-0.1, -0.05) is 0 Å². The Morgan fingerprint density at radius 1 is 1.45 bits per heavy atom. The van der Waals surface area contributed by atoms with E-state index >= 15 is 0 Å². The molecule has 0 spiro atoms. The minimum atomic E-state index is 0.338. The van der Waals surface area contributed by atoms with Gasteiger partial charge in [-0.15, -0.1) is 11.3 Å². The van der Waals surface area contributed by atoms with Crippen LogP contribution < -0.4 is 5.32 Å². The minimum Gasteiger partial charge on any atom is -0.337 e. The van der Waals surface area contributed by atoms with Crippen LogP contribution in [0, 0.1) is 13.8 Å². The number of rotatable bonds is 3. The van der Waals surface area contributed by atoms with E-state index in [0.29, 0.717) is 6.04 Å². The van der Waals surface area contributed by atoms with Gasteiger partial charge in [0.1, 0.15) is 5.82 Å². The number of nitrogens with zero attached hydrogens (tertiary/aromatic N) is 4. The molecule has 1 unspecified atom stereocenters. The van der Waals surface area contributed by atoms with Gasteiger partial charge in [0.2, 0.25) is 0 Å². The fourth-order valence-corrected chi connectivity index (χ4v) is 3.76. The maximum Gasteiger partial charge on any atom is 0.127 e. The molecule has 1 aliphatic heterocycles. The SMILES string of the molecule is Cc1nc(C)c(CN2CCNCC2c2nccn2C)s1. The fourth-order valence-electron chi connectivity index (χ4n) is 2.79. The molecule has 2 aromatic heterocycles. The number of nitrogens with one attached hydrogen (secondary N) is 1. The molecule has 1 atom stereocenters. The Balaban J connectivity index is 1.82. The summed E-state index contributed by atoms with van der Waals surface area (Å²) in [6.45, 7) is 8.20. The molecule has 0 aliphatic carbocycles. The van der Waals surface area contributed by atoms with Gasteiger partial charge in [-0.2, -0.15) is 0 Å². The second kappa shape index (κ2) is 5.63. The maximum absolute atomic E-state index is 4.54. The Morgan fingerprint density at radius 2 is 2.30 bits per heavy atom. The van der Waals surface area contributed by atoms with Gasteiger partial charge in [-0.3, -0.25) is 4.90 Å². The molecule has 0 saturated carbocycles. The Hall–Kier alpha value is -1.24. The van der Waals surface area contributed by atoms with Crippen molar-refractivity contribution in [2.24, 2.45) is 7.05 Å². The van der Waals surface area contributed by atoms with Crippen LogP contribution in [0.15, 0.2) is 12.4 Å². The van der Waals surface area contributed by atoms with Crippen LogP contribution in [0.2, 0.25) is 0 Å². The largest absolute Gasteiger partial charge is 0.337 e. The summed E-state index contributed by atoms with van der Waals surface area (Å²) in [5.41, 5.74) is 1.17. The first kappa shape index (κ1) is 13.7. The molecular formula is C14H21N5S. The summed E-state index contributed by atoms with van der Waals surface area (Å²) in [5, 5.41) is 4.63. The molecule has 1 aliphatic rings.